The average molecular weight is 473 g/mol. The summed E-state index contributed by atoms with van der Waals surface area (Å²) in [5, 5.41) is 10.1. The van der Waals surface area contributed by atoms with Crippen LogP contribution in [0.3, 0.4) is 0 Å². The van der Waals surface area contributed by atoms with Crippen LogP contribution >= 0.6 is 33.9 Å². The van der Waals surface area contributed by atoms with Crippen molar-refractivity contribution in [3.8, 4) is 0 Å². The van der Waals surface area contributed by atoms with Crippen molar-refractivity contribution in [2.75, 3.05) is 0 Å². The molecule has 0 saturated carbocycles. The van der Waals surface area contributed by atoms with Crippen molar-refractivity contribution in [2.24, 2.45) is 10.2 Å². The fraction of sp³-hybridized carbons (Fsp3) is 0.105. The average Bonchev–Trinajstić information content (AvgIpc) is 3.14. The number of nitrogens with one attached hydrogen (secondary N) is 1. The molecule has 0 atom stereocenters. The largest absolute Gasteiger partial charge is 0.417 e. The van der Waals surface area contributed by atoms with E-state index in [1.807, 2.05) is 19.1 Å². The first-order valence-corrected chi connectivity index (χ1v) is 9.94. The Bertz CT molecular complexity index is 1310. The SMILES string of the molecule is CC1=NN=C(c2cc3c(I)cccc3s2)c2cc3oc(=O)[nH]c3cc2C1. The monoisotopic (exact) mass is 473 g/mol. The highest BCUT2D eigenvalue weighted by atomic mass is 127. The molecule has 128 valence electrons. The van der Waals surface area contributed by atoms with E-state index in [0.717, 1.165) is 27.4 Å². The van der Waals surface area contributed by atoms with Crippen molar-refractivity contribution in [3.63, 3.8) is 0 Å². The first-order chi connectivity index (χ1) is 12.6. The molecule has 0 saturated heterocycles. The summed E-state index contributed by atoms with van der Waals surface area (Å²) in [4.78, 5) is 15.4. The van der Waals surface area contributed by atoms with Gasteiger partial charge in [0.05, 0.1) is 10.4 Å². The molecule has 0 bridgehead atoms. The van der Waals surface area contributed by atoms with E-state index in [2.05, 4.69) is 62.0 Å². The van der Waals surface area contributed by atoms with Crippen molar-refractivity contribution in [1.82, 2.24) is 4.98 Å². The van der Waals surface area contributed by atoms with Gasteiger partial charge in [-0.2, -0.15) is 5.10 Å². The maximum absolute atomic E-state index is 11.6. The number of nitrogens with zero attached hydrogens (tertiary/aromatic N) is 2. The Morgan fingerprint density at radius 1 is 1.23 bits per heavy atom. The smallest absolute Gasteiger partial charge is 0.408 e. The summed E-state index contributed by atoms with van der Waals surface area (Å²) < 4.78 is 7.69. The zero-order valence-corrected chi connectivity index (χ0v) is 16.6. The Hall–Kier alpha value is -2.26. The molecule has 0 spiro atoms. The summed E-state index contributed by atoms with van der Waals surface area (Å²) in [7, 11) is 0. The number of H-pyrrole nitrogens is 1. The number of hydrogen-bond acceptors (Lipinski definition) is 5. The lowest BCUT2D eigenvalue weighted by Crippen LogP contribution is -2.05. The Labute approximate surface area is 165 Å². The molecular weight excluding hydrogens is 461 g/mol. The minimum absolute atomic E-state index is 0.444. The van der Waals surface area contributed by atoms with Crippen LogP contribution in [0.15, 0.2) is 55.8 Å². The third kappa shape index (κ3) is 2.53. The molecule has 0 fully saturated rings. The molecular formula is C19H12IN3O2S. The molecule has 5 rings (SSSR count). The topological polar surface area (TPSA) is 70.7 Å². The van der Waals surface area contributed by atoms with Crippen LogP contribution in [-0.2, 0) is 6.42 Å². The Morgan fingerprint density at radius 2 is 2.12 bits per heavy atom. The number of thiophene rings is 1. The number of aromatic amines is 1. The first-order valence-electron chi connectivity index (χ1n) is 8.04. The maximum Gasteiger partial charge on any atom is 0.417 e. The lowest BCUT2D eigenvalue weighted by molar-refractivity contribution is 0.555. The predicted octanol–water partition coefficient (Wildman–Crippen LogP) is 4.71. The van der Waals surface area contributed by atoms with E-state index in [9.17, 15) is 4.79 Å². The number of fused-ring (bicyclic) bond motifs is 3. The summed E-state index contributed by atoms with van der Waals surface area (Å²) in [6.07, 6.45) is 0.688. The van der Waals surface area contributed by atoms with Gasteiger partial charge in [-0.1, -0.05) is 6.07 Å². The second-order valence-corrected chi connectivity index (χ2v) is 8.49. The number of hydrogen-bond donors (Lipinski definition) is 1. The van der Waals surface area contributed by atoms with Gasteiger partial charge in [0.2, 0.25) is 0 Å². The van der Waals surface area contributed by atoms with Crippen molar-refractivity contribution >= 4 is 66.5 Å². The van der Waals surface area contributed by atoms with Gasteiger partial charge < -0.3 is 4.42 Å². The van der Waals surface area contributed by atoms with E-state index in [-0.39, 0.29) is 0 Å². The quantitative estimate of drug-likeness (QED) is 0.407. The van der Waals surface area contributed by atoms with Crippen LogP contribution < -0.4 is 5.76 Å². The van der Waals surface area contributed by atoms with Gasteiger partial charge in [0, 0.05) is 31.4 Å². The molecule has 4 aromatic rings. The molecule has 0 radical (unpaired) electrons. The van der Waals surface area contributed by atoms with Gasteiger partial charge in [-0.25, -0.2) is 4.79 Å². The molecule has 0 aliphatic carbocycles. The Kier molecular flexibility index (Phi) is 3.61. The van der Waals surface area contributed by atoms with Gasteiger partial charge >= 0.3 is 5.76 Å². The summed E-state index contributed by atoms with van der Waals surface area (Å²) >= 11 is 4.05. The third-order valence-corrected chi connectivity index (χ3v) is 6.46. The lowest BCUT2D eigenvalue weighted by atomic mass is 9.97. The Morgan fingerprint density at radius 3 is 2.96 bits per heavy atom. The standard InChI is InChI=1S/C19H12IN3O2S/c1-9-5-10-6-14-15(25-19(24)21-14)7-11(10)18(23-22-9)17-8-12-13(20)3-2-4-16(12)26-17/h2-4,6-8H,5H2,1H3,(H,21,24). The molecule has 2 aromatic carbocycles. The van der Waals surface area contributed by atoms with Gasteiger partial charge in [0.1, 0.15) is 5.71 Å². The molecule has 3 heterocycles. The zero-order valence-electron chi connectivity index (χ0n) is 13.7. The Balaban J connectivity index is 1.79. The zero-order chi connectivity index (χ0) is 17.8. The number of oxazole rings is 1. The molecule has 0 unspecified atom stereocenters. The number of benzene rings is 2. The highest BCUT2D eigenvalue weighted by Gasteiger charge is 2.20. The van der Waals surface area contributed by atoms with Crippen LogP contribution in [-0.4, -0.2) is 16.4 Å². The summed E-state index contributed by atoms with van der Waals surface area (Å²) in [6, 6.07) is 12.3. The van der Waals surface area contributed by atoms with E-state index < -0.39 is 5.76 Å². The van der Waals surface area contributed by atoms with Crippen molar-refractivity contribution in [2.45, 2.75) is 13.3 Å². The summed E-state index contributed by atoms with van der Waals surface area (Å²) in [6.45, 7) is 1.96. The molecule has 7 heteroatoms. The predicted molar refractivity (Wildman–Crippen MR) is 114 cm³/mol. The van der Waals surface area contributed by atoms with Crippen LogP contribution in [0.1, 0.15) is 22.9 Å². The van der Waals surface area contributed by atoms with Gasteiger partial charge in [0.15, 0.2) is 5.58 Å². The third-order valence-electron chi connectivity index (χ3n) is 4.41. The molecule has 1 aliphatic heterocycles. The normalized spacial score (nSPS) is 14.2. The van der Waals surface area contributed by atoms with Gasteiger partial charge in [-0.15, -0.1) is 16.4 Å². The van der Waals surface area contributed by atoms with E-state index in [1.165, 1.54) is 13.7 Å². The van der Waals surface area contributed by atoms with Crippen LogP contribution in [0.5, 0.6) is 0 Å². The van der Waals surface area contributed by atoms with Crippen LogP contribution in [0.4, 0.5) is 0 Å². The fourth-order valence-corrected chi connectivity index (χ4v) is 5.16. The van der Waals surface area contributed by atoms with E-state index in [0.29, 0.717) is 17.5 Å². The van der Waals surface area contributed by atoms with Crippen molar-refractivity contribution in [3.05, 3.63) is 66.5 Å². The summed E-state index contributed by atoms with van der Waals surface area (Å²) in [5.41, 5.74) is 5.04. The van der Waals surface area contributed by atoms with Gasteiger partial charge in [-0.3, -0.25) is 4.98 Å². The van der Waals surface area contributed by atoms with Crippen molar-refractivity contribution in [1.29, 1.82) is 0 Å². The lowest BCUT2D eigenvalue weighted by Gasteiger charge is -2.07. The van der Waals surface area contributed by atoms with Crippen LogP contribution in [0.2, 0.25) is 0 Å². The molecule has 1 N–H and O–H groups in total. The fourth-order valence-electron chi connectivity index (χ4n) is 3.23. The van der Waals surface area contributed by atoms with E-state index in [1.54, 1.807) is 11.3 Å². The molecule has 2 aromatic heterocycles. The minimum Gasteiger partial charge on any atom is -0.408 e. The second kappa shape index (κ2) is 5.88. The minimum atomic E-state index is -0.444. The molecule has 0 amide bonds. The summed E-state index contributed by atoms with van der Waals surface area (Å²) in [5.74, 6) is -0.444. The van der Waals surface area contributed by atoms with Gasteiger partial charge in [-0.05, 0) is 65.4 Å². The number of halogens is 1. The number of aromatic nitrogens is 1. The van der Waals surface area contributed by atoms with Crippen LogP contribution in [0.25, 0.3) is 21.2 Å². The van der Waals surface area contributed by atoms with Crippen LogP contribution in [0, 0.1) is 3.57 Å². The molecule has 26 heavy (non-hydrogen) atoms. The highest BCUT2D eigenvalue weighted by molar-refractivity contribution is 14.1. The first kappa shape index (κ1) is 16.0. The second-order valence-electron chi connectivity index (χ2n) is 6.24. The molecule has 5 nitrogen and oxygen atoms in total. The van der Waals surface area contributed by atoms with E-state index in [4.69, 9.17) is 4.42 Å². The van der Waals surface area contributed by atoms with Crippen molar-refractivity contribution < 1.29 is 4.42 Å². The van der Waals surface area contributed by atoms with E-state index >= 15 is 0 Å². The number of rotatable bonds is 1. The molecule has 1 aliphatic rings. The maximum atomic E-state index is 11.6. The van der Waals surface area contributed by atoms with Gasteiger partial charge in [0.25, 0.3) is 0 Å². The highest BCUT2D eigenvalue weighted by Crippen LogP contribution is 2.33.